The van der Waals surface area contributed by atoms with Crippen LogP contribution in [0, 0.1) is 0 Å². The number of nitrogens with zero attached hydrogens (tertiary/aromatic N) is 4. The number of benzene rings is 1. The van der Waals surface area contributed by atoms with Crippen molar-refractivity contribution >= 4 is 34.2 Å². The molecule has 0 saturated heterocycles. The maximum atomic E-state index is 12.7. The molecule has 0 spiro atoms. The average Bonchev–Trinajstić information content (AvgIpc) is 2.78. The molecule has 1 N–H and O–H groups in total. The molecule has 1 aliphatic heterocycles. The molecule has 0 amide bonds. The van der Waals surface area contributed by atoms with Crippen LogP contribution in [0.4, 0.5) is 0 Å². The Bertz CT molecular complexity index is 1420. The molecule has 1 aromatic carbocycles. The number of hydrogen-bond donors (Lipinski definition) is 1. The lowest BCUT2D eigenvalue weighted by Gasteiger charge is -2.27. The molecule has 4 aromatic rings. The van der Waals surface area contributed by atoms with E-state index in [4.69, 9.17) is 27.6 Å². The van der Waals surface area contributed by atoms with Gasteiger partial charge in [0.2, 0.25) is 0 Å². The summed E-state index contributed by atoms with van der Waals surface area (Å²) >= 11 is 12.6. The number of rotatable bonds is 3. The summed E-state index contributed by atoms with van der Waals surface area (Å²) in [5.41, 5.74) is 1.92. The zero-order valence-corrected chi connectivity index (χ0v) is 17.6. The van der Waals surface area contributed by atoms with E-state index in [1.165, 1.54) is 6.33 Å². The first kappa shape index (κ1) is 19.9. The monoisotopic (exact) mass is 455 g/mol. The molecule has 0 fully saturated rings. The van der Waals surface area contributed by atoms with Crippen molar-refractivity contribution in [2.45, 2.75) is 19.5 Å². The van der Waals surface area contributed by atoms with Crippen LogP contribution in [0.15, 0.2) is 50.9 Å². The van der Waals surface area contributed by atoms with Gasteiger partial charge < -0.3 is 9.40 Å². The van der Waals surface area contributed by atoms with Crippen LogP contribution < -0.4 is 11.2 Å². The molecule has 0 bridgehead atoms. The van der Waals surface area contributed by atoms with Gasteiger partial charge in [-0.05, 0) is 18.2 Å². The molecule has 3 aromatic heterocycles. The Labute approximate surface area is 185 Å². The van der Waals surface area contributed by atoms with Gasteiger partial charge in [-0.15, -0.1) is 0 Å². The fourth-order valence-electron chi connectivity index (χ4n) is 3.71. The number of aromatic nitrogens is 4. The topological polar surface area (TPSA) is 105 Å². The van der Waals surface area contributed by atoms with Crippen LogP contribution in [0.1, 0.15) is 16.8 Å². The number of halogens is 2. The lowest BCUT2D eigenvalue weighted by Crippen LogP contribution is -2.36. The Morgan fingerprint density at radius 2 is 1.97 bits per heavy atom. The highest BCUT2D eigenvalue weighted by Gasteiger charge is 2.24. The van der Waals surface area contributed by atoms with E-state index in [2.05, 4.69) is 19.9 Å². The predicted octanol–water partition coefficient (Wildman–Crippen LogP) is 3.20. The third-order valence-corrected chi connectivity index (χ3v) is 5.92. The van der Waals surface area contributed by atoms with Crippen LogP contribution in [0.2, 0.25) is 10.0 Å². The fourth-order valence-corrected chi connectivity index (χ4v) is 4.16. The highest BCUT2D eigenvalue weighted by atomic mass is 35.5. The van der Waals surface area contributed by atoms with Crippen molar-refractivity contribution in [1.82, 2.24) is 24.8 Å². The van der Waals surface area contributed by atoms with Gasteiger partial charge in [0.15, 0.2) is 0 Å². The van der Waals surface area contributed by atoms with Gasteiger partial charge in [-0.25, -0.2) is 19.7 Å². The third-order valence-electron chi connectivity index (χ3n) is 5.26. The van der Waals surface area contributed by atoms with Gasteiger partial charge in [-0.2, -0.15) is 0 Å². The van der Waals surface area contributed by atoms with Crippen molar-refractivity contribution in [2.24, 2.45) is 0 Å². The maximum Gasteiger partial charge on any atom is 0.342 e. The summed E-state index contributed by atoms with van der Waals surface area (Å²) in [5.74, 6) is 0.438. The largest absolute Gasteiger partial charge is 0.422 e. The number of H-pyrrole nitrogens is 1. The summed E-state index contributed by atoms with van der Waals surface area (Å²) in [7, 11) is 0. The standard InChI is InChI=1S/C21H15Cl2N5O3/c22-12-1-2-17-13(5-12)18(23)15(21(30)31-17)9-28-4-3-16-14(8-28)20(29)27-19(26-16)11-6-24-10-25-7-11/h1-2,5-7,10H,3-4,8-9H2,(H,26,27,29). The highest BCUT2D eigenvalue weighted by Crippen LogP contribution is 2.29. The molecule has 0 unspecified atom stereocenters. The molecule has 0 saturated carbocycles. The van der Waals surface area contributed by atoms with E-state index in [9.17, 15) is 9.59 Å². The van der Waals surface area contributed by atoms with Crippen LogP contribution >= 0.6 is 23.2 Å². The smallest absolute Gasteiger partial charge is 0.342 e. The number of hydrogen-bond acceptors (Lipinski definition) is 7. The quantitative estimate of drug-likeness (QED) is 0.472. The molecule has 0 aliphatic carbocycles. The van der Waals surface area contributed by atoms with Gasteiger partial charge in [0, 0.05) is 48.9 Å². The molecule has 0 atom stereocenters. The Balaban J connectivity index is 1.46. The number of fused-ring (bicyclic) bond motifs is 2. The van der Waals surface area contributed by atoms with Crippen LogP contribution in [0.25, 0.3) is 22.4 Å². The van der Waals surface area contributed by atoms with E-state index in [-0.39, 0.29) is 12.1 Å². The summed E-state index contributed by atoms with van der Waals surface area (Å²) in [6.07, 6.45) is 5.17. The van der Waals surface area contributed by atoms with Gasteiger partial charge in [-0.1, -0.05) is 23.2 Å². The fraction of sp³-hybridized carbons (Fsp3) is 0.190. The second-order valence-electron chi connectivity index (χ2n) is 7.25. The maximum absolute atomic E-state index is 12.7. The summed E-state index contributed by atoms with van der Waals surface area (Å²) in [6.45, 7) is 1.20. The first-order valence-corrected chi connectivity index (χ1v) is 10.3. The van der Waals surface area contributed by atoms with Gasteiger partial charge in [0.05, 0.1) is 27.4 Å². The van der Waals surface area contributed by atoms with Crippen molar-refractivity contribution < 1.29 is 4.42 Å². The second kappa shape index (κ2) is 7.88. The van der Waals surface area contributed by atoms with Crippen LogP contribution in [-0.4, -0.2) is 31.4 Å². The van der Waals surface area contributed by atoms with E-state index in [1.807, 2.05) is 4.90 Å². The highest BCUT2D eigenvalue weighted by molar-refractivity contribution is 6.37. The summed E-state index contributed by atoms with van der Waals surface area (Å²) < 4.78 is 5.41. The molecule has 4 heterocycles. The third kappa shape index (κ3) is 3.74. The van der Waals surface area contributed by atoms with Crippen LogP contribution in [0.3, 0.4) is 0 Å². The molecule has 1 aliphatic rings. The second-order valence-corrected chi connectivity index (χ2v) is 8.06. The minimum absolute atomic E-state index is 0.225. The number of aromatic amines is 1. The SMILES string of the molecule is O=c1[nH]c(-c2cncnc2)nc2c1CN(Cc1c(Cl)c3cc(Cl)ccc3oc1=O)CC2. The van der Waals surface area contributed by atoms with Crippen molar-refractivity contribution in [3.63, 3.8) is 0 Å². The van der Waals surface area contributed by atoms with E-state index >= 15 is 0 Å². The summed E-state index contributed by atoms with van der Waals surface area (Å²) in [6, 6.07) is 4.92. The lowest BCUT2D eigenvalue weighted by atomic mass is 10.1. The normalized spacial score (nSPS) is 14.0. The molecular weight excluding hydrogens is 441 g/mol. The summed E-state index contributed by atoms with van der Waals surface area (Å²) in [4.78, 5) is 42.5. The minimum Gasteiger partial charge on any atom is -0.422 e. The zero-order valence-electron chi connectivity index (χ0n) is 16.1. The Kier molecular flexibility index (Phi) is 5.05. The van der Waals surface area contributed by atoms with E-state index in [0.29, 0.717) is 63.0 Å². The minimum atomic E-state index is -0.503. The van der Waals surface area contributed by atoms with Gasteiger partial charge in [0.1, 0.15) is 17.7 Å². The molecule has 5 rings (SSSR count). The molecule has 8 nitrogen and oxygen atoms in total. The first-order chi connectivity index (χ1) is 15.0. The van der Waals surface area contributed by atoms with Crippen molar-refractivity contribution in [2.75, 3.05) is 6.54 Å². The predicted molar refractivity (Wildman–Crippen MR) is 116 cm³/mol. The van der Waals surface area contributed by atoms with Gasteiger partial charge in [-0.3, -0.25) is 9.69 Å². The van der Waals surface area contributed by atoms with Crippen LogP contribution in [0.5, 0.6) is 0 Å². The molecule has 0 radical (unpaired) electrons. The molecule has 10 heteroatoms. The number of nitrogens with one attached hydrogen (secondary N) is 1. The van der Waals surface area contributed by atoms with E-state index in [0.717, 1.165) is 5.69 Å². The Hall–Kier alpha value is -3.07. The lowest BCUT2D eigenvalue weighted by molar-refractivity contribution is 0.239. The van der Waals surface area contributed by atoms with Gasteiger partial charge in [0.25, 0.3) is 5.56 Å². The van der Waals surface area contributed by atoms with E-state index < -0.39 is 5.63 Å². The molecule has 156 valence electrons. The Morgan fingerprint density at radius 3 is 2.77 bits per heavy atom. The molecule has 31 heavy (non-hydrogen) atoms. The zero-order chi connectivity index (χ0) is 21.5. The first-order valence-electron chi connectivity index (χ1n) is 9.50. The average molecular weight is 456 g/mol. The van der Waals surface area contributed by atoms with Crippen LogP contribution in [-0.2, 0) is 19.5 Å². The Morgan fingerprint density at radius 1 is 1.16 bits per heavy atom. The van der Waals surface area contributed by atoms with E-state index in [1.54, 1.807) is 30.6 Å². The molecular formula is C21H15Cl2N5O3. The van der Waals surface area contributed by atoms with Crippen molar-refractivity contribution in [1.29, 1.82) is 0 Å². The van der Waals surface area contributed by atoms with Crippen molar-refractivity contribution in [3.05, 3.63) is 84.6 Å². The van der Waals surface area contributed by atoms with Gasteiger partial charge >= 0.3 is 5.63 Å². The summed E-state index contributed by atoms with van der Waals surface area (Å²) in [5, 5.41) is 1.39. The van der Waals surface area contributed by atoms with Crippen molar-refractivity contribution in [3.8, 4) is 11.4 Å².